The first-order valence-electron chi connectivity index (χ1n) is 8.50. The molecule has 0 aliphatic carbocycles. The molecular formula is C17H19F3N4O3. The summed E-state index contributed by atoms with van der Waals surface area (Å²) >= 11 is 0. The van der Waals surface area contributed by atoms with Gasteiger partial charge in [-0.1, -0.05) is 12.1 Å². The number of nitrogens with one attached hydrogen (secondary N) is 2. The van der Waals surface area contributed by atoms with Crippen molar-refractivity contribution in [3.63, 3.8) is 0 Å². The van der Waals surface area contributed by atoms with Crippen molar-refractivity contribution in [2.24, 2.45) is 0 Å². The molecule has 1 aliphatic rings. The topological polar surface area (TPSA) is 89.0 Å². The van der Waals surface area contributed by atoms with Gasteiger partial charge in [-0.05, 0) is 37.5 Å². The third-order valence-electron chi connectivity index (χ3n) is 4.48. The van der Waals surface area contributed by atoms with Crippen molar-refractivity contribution in [1.29, 1.82) is 0 Å². The van der Waals surface area contributed by atoms with Crippen molar-refractivity contribution in [1.82, 2.24) is 14.5 Å². The standard InChI is InChI=1S/C17H19F3N4O3/c1-10(11-3-2-4-12(9-11)17(18,19)20)21-14-22-15(25)24(16(26)23-14)13-5-7-27-8-6-13/h2-4,9-10,13H,5-8H2,1H3,(H2,21,22,23,25,26)/t10-/m0/s1. The molecule has 1 aliphatic heterocycles. The summed E-state index contributed by atoms with van der Waals surface area (Å²) in [4.78, 5) is 30.9. The summed E-state index contributed by atoms with van der Waals surface area (Å²) in [6, 6.07) is 3.93. The van der Waals surface area contributed by atoms with E-state index in [0.717, 1.165) is 16.7 Å². The Morgan fingerprint density at radius 2 is 2.00 bits per heavy atom. The molecule has 0 saturated carbocycles. The van der Waals surface area contributed by atoms with Crippen LogP contribution in [0.5, 0.6) is 0 Å². The van der Waals surface area contributed by atoms with Crippen molar-refractivity contribution in [3.8, 4) is 0 Å². The van der Waals surface area contributed by atoms with Crippen molar-refractivity contribution in [2.45, 2.75) is 38.0 Å². The third kappa shape index (κ3) is 4.38. The quantitative estimate of drug-likeness (QED) is 0.846. The molecule has 0 amide bonds. The minimum absolute atomic E-state index is 0.0850. The highest BCUT2D eigenvalue weighted by atomic mass is 19.4. The Kier molecular flexibility index (Phi) is 5.36. The molecule has 1 atom stereocenters. The average molecular weight is 384 g/mol. The van der Waals surface area contributed by atoms with Gasteiger partial charge >= 0.3 is 17.6 Å². The predicted octanol–water partition coefficient (Wildman–Crippen LogP) is 2.48. The summed E-state index contributed by atoms with van der Waals surface area (Å²) in [6.45, 7) is 2.53. The van der Waals surface area contributed by atoms with Crippen molar-refractivity contribution < 1.29 is 17.9 Å². The first-order valence-corrected chi connectivity index (χ1v) is 8.50. The highest BCUT2D eigenvalue weighted by molar-refractivity contribution is 5.33. The molecule has 0 bridgehead atoms. The Labute approximate surface area is 152 Å². The van der Waals surface area contributed by atoms with Crippen molar-refractivity contribution >= 4 is 5.95 Å². The number of nitrogens with zero attached hydrogens (tertiary/aromatic N) is 2. The SMILES string of the molecule is C[C@H](Nc1nc(=O)n(C2CCOCC2)c(=O)[nH]1)c1cccc(C(F)(F)F)c1. The fourth-order valence-electron chi connectivity index (χ4n) is 3.03. The summed E-state index contributed by atoms with van der Waals surface area (Å²) in [7, 11) is 0. The second kappa shape index (κ2) is 7.55. The van der Waals surface area contributed by atoms with Gasteiger partial charge in [0.05, 0.1) is 11.6 Å². The number of aromatic amines is 1. The van der Waals surface area contributed by atoms with Crippen LogP contribution >= 0.6 is 0 Å². The van der Waals surface area contributed by atoms with E-state index in [0.29, 0.717) is 31.6 Å². The molecule has 1 fully saturated rings. The summed E-state index contributed by atoms with van der Waals surface area (Å²) in [5.41, 5.74) is -1.74. The van der Waals surface area contributed by atoms with E-state index in [1.54, 1.807) is 6.92 Å². The molecule has 3 rings (SSSR count). The molecule has 2 aromatic rings. The highest BCUT2D eigenvalue weighted by Gasteiger charge is 2.30. The first kappa shape index (κ1) is 19.2. The molecule has 1 aromatic heterocycles. The van der Waals surface area contributed by atoms with Gasteiger partial charge in [-0.15, -0.1) is 0 Å². The monoisotopic (exact) mass is 384 g/mol. The van der Waals surface area contributed by atoms with Gasteiger partial charge in [-0.2, -0.15) is 18.2 Å². The molecular weight excluding hydrogens is 365 g/mol. The lowest BCUT2D eigenvalue weighted by Crippen LogP contribution is -2.42. The second-order valence-corrected chi connectivity index (χ2v) is 6.38. The molecule has 27 heavy (non-hydrogen) atoms. The van der Waals surface area contributed by atoms with Crippen LogP contribution in [0.3, 0.4) is 0 Å². The highest BCUT2D eigenvalue weighted by Crippen LogP contribution is 2.31. The fourth-order valence-corrected chi connectivity index (χ4v) is 3.03. The zero-order chi connectivity index (χ0) is 19.6. The van der Waals surface area contributed by atoms with Crippen LogP contribution < -0.4 is 16.7 Å². The van der Waals surface area contributed by atoms with Crippen molar-refractivity contribution in [2.75, 3.05) is 18.5 Å². The number of alkyl halides is 3. The van der Waals surface area contributed by atoms with Gasteiger partial charge in [0.15, 0.2) is 0 Å². The number of aromatic nitrogens is 3. The lowest BCUT2D eigenvalue weighted by Gasteiger charge is -2.23. The Hall–Kier alpha value is -2.62. The van der Waals surface area contributed by atoms with E-state index < -0.39 is 29.2 Å². The molecule has 10 heteroatoms. The second-order valence-electron chi connectivity index (χ2n) is 6.38. The molecule has 2 heterocycles. The Morgan fingerprint density at radius 3 is 2.63 bits per heavy atom. The number of hydrogen-bond donors (Lipinski definition) is 2. The largest absolute Gasteiger partial charge is 0.416 e. The molecule has 146 valence electrons. The zero-order valence-corrected chi connectivity index (χ0v) is 14.5. The molecule has 2 N–H and O–H groups in total. The van der Waals surface area contributed by atoms with Crippen LogP contribution in [0.15, 0.2) is 33.9 Å². The number of halogens is 3. The van der Waals surface area contributed by atoms with Gasteiger partial charge in [-0.25, -0.2) is 14.2 Å². The normalized spacial score (nSPS) is 16.9. The van der Waals surface area contributed by atoms with Gasteiger partial charge in [0.2, 0.25) is 5.95 Å². The summed E-state index contributed by atoms with van der Waals surface area (Å²) in [5, 5.41) is 2.78. The molecule has 1 saturated heterocycles. The smallest absolute Gasteiger partial charge is 0.381 e. The fraction of sp³-hybridized carbons (Fsp3) is 0.471. The van der Waals surface area contributed by atoms with E-state index in [4.69, 9.17) is 4.74 Å². The third-order valence-corrected chi connectivity index (χ3v) is 4.48. The maximum absolute atomic E-state index is 12.9. The number of benzene rings is 1. The van der Waals surface area contributed by atoms with Gasteiger partial charge in [0, 0.05) is 19.3 Å². The van der Waals surface area contributed by atoms with E-state index in [9.17, 15) is 22.8 Å². The van der Waals surface area contributed by atoms with Gasteiger partial charge in [-0.3, -0.25) is 4.98 Å². The van der Waals surface area contributed by atoms with E-state index >= 15 is 0 Å². The molecule has 0 radical (unpaired) electrons. The Bertz CT molecular complexity index is 885. The Morgan fingerprint density at radius 1 is 1.30 bits per heavy atom. The minimum Gasteiger partial charge on any atom is -0.381 e. The van der Waals surface area contributed by atoms with Crippen LogP contribution in [0.1, 0.15) is 43.0 Å². The van der Waals surface area contributed by atoms with Crippen LogP contribution in [0.25, 0.3) is 0 Å². The maximum atomic E-state index is 12.9. The first-order chi connectivity index (χ1) is 12.8. The summed E-state index contributed by atoms with van der Waals surface area (Å²) < 4.78 is 44.8. The summed E-state index contributed by atoms with van der Waals surface area (Å²) in [6.07, 6.45) is -3.37. The molecule has 1 aromatic carbocycles. The number of rotatable bonds is 4. The lowest BCUT2D eigenvalue weighted by molar-refractivity contribution is -0.137. The van der Waals surface area contributed by atoms with Crippen LogP contribution in [-0.4, -0.2) is 27.7 Å². The number of hydrogen-bond acceptors (Lipinski definition) is 5. The summed E-state index contributed by atoms with van der Waals surface area (Å²) in [5.74, 6) is -0.0850. The predicted molar refractivity (Wildman–Crippen MR) is 91.7 cm³/mol. The van der Waals surface area contributed by atoms with Crippen LogP contribution in [0, 0.1) is 0 Å². The lowest BCUT2D eigenvalue weighted by atomic mass is 10.1. The molecule has 0 unspecified atom stereocenters. The van der Waals surface area contributed by atoms with Crippen LogP contribution in [0.2, 0.25) is 0 Å². The van der Waals surface area contributed by atoms with Crippen molar-refractivity contribution in [3.05, 3.63) is 56.4 Å². The van der Waals surface area contributed by atoms with Gasteiger partial charge in [0.25, 0.3) is 0 Å². The van der Waals surface area contributed by atoms with E-state index in [1.165, 1.54) is 12.1 Å². The van der Waals surface area contributed by atoms with E-state index in [-0.39, 0.29) is 12.0 Å². The number of H-pyrrole nitrogens is 1. The molecule has 7 nitrogen and oxygen atoms in total. The van der Waals surface area contributed by atoms with E-state index in [1.807, 2.05) is 0 Å². The van der Waals surface area contributed by atoms with Gasteiger partial charge in [0.1, 0.15) is 0 Å². The van der Waals surface area contributed by atoms with Crippen LogP contribution in [0.4, 0.5) is 19.1 Å². The minimum atomic E-state index is -4.45. The van der Waals surface area contributed by atoms with Gasteiger partial charge < -0.3 is 10.1 Å². The molecule has 0 spiro atoms. The number of anilines is 1. The maximum Gasteiger partial charge on any atom is 0.416 e. The number of ether oxygens (including phenoxy) is 1. The average Bonchev–Trinajstić information content (AvgIpc) is 2.61. The van der Waals surface area contributed by atoms with E-state index in [2.05, 4.69) is 15.3 Å². The van der Waals surface area contributed by atoms with Crippen LogP contribution in [-0.2, 0) is 10.9 Å². The Balaban J connectivity index is 1.82. The zero-order valence-electron chi connectivity index (χ0n) is 14.5.